The van der Waals surface area contributed by atoms with Crippen LogP contribution in [-0.2, 0) is 6.54 Å². The fourth-order valence-electron chi connectivity index (χ4n) is 2.06. The molecule has 1 saturated heterocycles. The van der Waals surface area contributed by atoms with Crippen molar-refractivity contribution in [2.24, 2.45) is 0 Å². The summed E-state index contributed by atoms with van der Waals surface area (Å²) in [5.41, 5.74) is 1.27. The topological polar surface area (TPSA) is 15.3 Å². The molecule has 88 valence electrons. The van der Waals surface area contributed by atoms with Gasteiger partial charge < -0.3 is 5.32 Å². The minimum Gasteiger partial charge on any atom is -0.312 e. The first-order chi connectivity index (χ1) is 7.65. The van der Waals surface area contributed by atoms with E-state index in [1.54, 1.807) is 0 Å². The maximum absolute atomic E-state index is 6.01. The van der Waals surface area contributed by atoms with Crippen LogP contribution in [0.15, 0.2) is 22.7 Å². The van der Waals surface area contributed by atoms with E-state index in [2.05, 4.69) is 33.1 Å². The van der Waals surface area contributed by atoms with Crippen molar-refractivity contribution in [2.75, 3.05) is 19.6 Å². The van der Waals surface area contributed by atoms with Gasteiger partial charge in [-0.2, -0.15) is 0 Å². The smallest absolute Gasteiger partial charge is 0.0410 e. The van der Waals surface area contributed by atoms with Crippen molar-refractivity contribution in [2.45, 2.75) is 19.5 Å². The maximum atomic E-state index is 6.01. The molecule has 1 heterocycles. The molecule has 1 atom stereocenters. The fraction of sp³-hybridized carbons (Fsp3) is 0.500. The summed E-state index contributed by atoms with van der Waals surface area (Å²) >= 11 is 9.58. The zero-order valence-corrected chi connectivity index (χ0v) is 11.7. The zero-order valence-electron chi connectivity index (χ0n) is 9.34. The minimum absolute atomic E-state index is 0.576. The Labute approximate surface area is 110 Å². The highest BCUT2D eigenvalue weighted by molar-refractivity contribution is 9.10. The molecule has 1 aromatic rings. The molecule has 1 aliphatic rings. The molecule has 0 aromatic heterocycles. The van der Waals surface area contributed by atoms with Crippen LogP contribution in [-0.4, -0.2) is 30.6 Å². The number of nitrogens with one attached hydrogen (secondary N) is 1. The number of hydrogen-bond acceptors (Lipinski definition) is 2. The lowest BCUT2D eigenvalue weighted by molar-refractivity contribution is 0.199. The number of piperazine rings is 1. The molecule has 1 N–H and O–H groups in total. The van der Waals surface area contributed by atoms with Crippen LogP contribution in [0.3, 0.4) is 0 Å². The number of rotatable bonds is 2. The normalized spacial score (nSPS) is 22.3. The molecule has 1 aliphatic heterocycles. The van der Waals surface area contributed by atoms with Crippen molar-refractivity contribution < 1.29 is 0 Å². The summed E-state index contributed by atoms with van der Waals surface area (Å²) in [6.07, 6.45) is 0. The Morgan fingerprint density at radius 1 is 1.56 bits per heavy atom. The third-order valence-electron chi connectivity index (χ3n) is 2.85. The SMILES string of the molecule is C[C@@H]1CN(Cc2cc(Cl)ccc2Br)CCN1. The lowest BCUT2D eigenvalue weighted by Crippen LogP contribution is -2.48. The van der Waals surface area contributed by atoms with Gasteiger partial charge in [0, 0.05) is 41.7 Å². The van der Waals surface area contributed by atoms with E-state index in [4.69, 9.17) is 11.6 Å². The van der Waals surface area contributed by atoms with Gasteiger partial charge in [0.2, 0.25) is 0 Å². The minimum atomic E-state index is 0.576. The third kappa shape index (κ3) is 3.20. The summed E-state index contributed by atoms with van der Waals surface area (Å²) in [7, 11) is 0. The monoisotopic (exact) mass is 302 g/mol. The van der Waals surface area contributed by atoms with Gasteiger partial charge in [-0.15, -0.1) is 0 Å². The summed E-state index contributed by atoms with van der Waals surface area (Å²) in [6, 6.07) is 6.55. The first kappa shape index (κ1) is 12.4. The van der Waals surface area contributed by atoms with Crippen molar-refractivity contribution in [3.8, 4) is 0 Å². The maximum Gasteiger partial charge on any atom is 0.0410 e. The highest BCUT2D eigenvalue weighted by Gasteiger charge is 2.16. The summed E-state index contributed by atoms with van der Waals surface area (Å²) in [4.78, 5) is 2.46. The number of halogens is 2. The molecule has 2 nitrogen and oxygen atoms in total. The highest BCUT2D eigenvalue weighted by Crippen LogP contribution is 2.22. The lowest BCUT2D eigenvalue weighted by atomic mass is 10.1. The Hall–Kier alpha value is -0.0900. The predicted molar refractivity (Wildman–Crippen MR) is 71.9 cm³/mol. The molecular weight excluding hydrogens is 288 g/mol. The Morgan fingerprint density at radius 2 is 2.38 bits per heavy atom. The second-order valence-corrected chi connectivity index (χ2v) is 5.62. The first-order valence-electron chi connectivity index (χ1n) is 5.55. The molecular formula is C12H16BrClN2. The Morgan fingerprint density at radius 3 is 3.12 bits per heavy atom. The van der Waals surface area contributed by atoms with Crippen molar-refractivity contribution in [3.63, 3.8) is 0 Å². The fourth-order valence-corrected chi connectivity index (χ4v) is 2.63. The van der Waals surface area contributed by atoms with Gasteiger partial charge in [0.25, 0.3) is 0 Å². The van der Waals surface area contributed by atoms with E-state index < -0.39 is 0 Å². The Balaban J connectivity index is 2.05. The average molecular weight is 304 g/mol. The highest BCUT2D eigenvalue weighted by atomic mass is 79.9. The molecule has 16 heavy (non-hydrogen) atoms. The van der Waals surface area contributed by atoms with Crippen LogP contribution in [0.5, 0.6) is 0 Å². The van der Waals surface area contributed by atoms with Gasteiger partial charge in [-0.25, -0.2) is 0 Å². The summed E-state index contributed by atoms with van der Waals surface area (Å²) in [5, 5.41) is 4.25. The third-order valence-corrected chi connectivity index (χ3v) is 3.86. The average Bonchev–Trinajstić information content (AvgIpc) is 2.24. The second kappa shape index (κ2) is 5.50. The van der Waals surface area contributed by atoms with Crippen LogP contribution in [0.1, 0.15) is 12.5 Å². The Kier molecular flexibility index (Phi) is 4.25. The molecule has 0 bridgehead atoms. The van der Waals surface area contributed by atoms with Gasteiger partial charge in [-0.05, 0) is 30.7 Å². The van der Waals surface area contributed by atoms with Crippen molar-refractivity contribution in [1.82, 2.24) is 10.2 Å². The lowest BCUT2D eigenvalue weighted by Gasteiger charge is -2.32. The van der Waals surface area contributed by atoms with E-state index >= 15 is 0 Å². The van der Waals surface area contributed by atoms with Crippen LogP contribution in [0.25, 0.3) is 0 Å². The van der Waals surface area contributed by atoms with Gasteiger partial charge >= 0.3 is 0 Å². The molecule has 0 radical (unpaired) electrons. The molecule has 0 aliphatic carbocycles. The first-order valence-corrected chi connectivity index (χ1v) is 6.72. The molecule has 2 rings (SSSR count). The summed E-state index contributed by atoms with van der Waals surface area (Å²) < 4.78 is 1.14. The molecule has 0 amide bonds. The van der Waals surface area contributed by atoms with Crippen molar-refractivity contribution >= 4 is 27.5 Å². The van der Waals surface area contributed by atoms with E-state index in [1.165, 1.54) is 5.56 Å². The van der Waals surface area contributed by atoms with E-state index in [9.17, 15) is 0 Å². The van der Waals surface area contributed by atoms with Crippen LogP contribution in [0.2, 0.25) is 5.02 Å². The van der Waals surface area contributed by atoms with E-state index in [1.807, 2.05) is 18.2 Å². The van der Waals surface area contributed by atoms with E-state index in [0.717, 1.165) is 35.7 Å². The molecule has 0 saturated carbocycles. The van der Waals surface area contributed by atoms with Gasteiger partial charge in [0.1, 0.15) is 0 Å². The standard InChI is InChI=1S/C12H16BrClN2/c1-9-7-16(5-4-15-9)8-10-6-11(14)2-3-12(10)13/h2-3,6,9,15H,4-5,7-8H2,1H3/t9-/m1/s1. The van der Waals surface area contributed by atoms with Gasteiger partial charge in [0.15, 0.2) is 0 Å². The van der Waals surface area contributed by atoms with Gasteiger partial charge in [-0.3, -0.25) is 4.90 Å². The van der Waals surface area contributed by atoms with Crippen molar-refractivity contribution in [3.05, 3.63) is 33.3 Å². The zero-order chi connectivity index (χ0) is 11.5. The Bertz CT molecular complexity index is 370. The van der Waals surface area contributed by atoms with E-state index in [-0.39, 0.29) is 0 Å². The number of nitrogens with zero attached hydrogens (tertiary/aromatic N) is 1. The summed E-state index contributed by atoms with van der Waals surface area (Å²) in [6.45, 7) is 6.45. The second-order valence-electron chi connectivity index (χ2n) is 4.33. The quantitative estimate of drug-likeness (QED) is 0.904. The van der Waals surface area contributed by atoms with Crippen LogP contribution < -0.4 is 5.32 Å². The van der Waals surface area contributed by atoms with Crippen molar-refractivity contribution in [1.29, 1.82) is 0 Å². The van der Waals surface area contributed by atoms with E-state index in [0.29, 0.717) is 6.04 Å². The van der Waals surface area contributed by atoms with Gasteiger partial charge in [0.05, 0.1) is 0 Å². The summed E-state index contributed by atoms with van der Waals surface area (Å²) in [5.74, 6) is 0. The largest absolute Gasteiger partial charge is 0.312 e. The van der Waals surface area contributed by atoms with Crippen LogP contribution >= 0.6 is 27.5 Å². The molecule has 0 unspecified atom stereocenters. The van der Waals surface area contributed by atoms with Gasteiger partial charge in [-0.1, -0.05) is 27.5 Å². The molecule has 1 fully saturated rings. The predicted octanol–water partition coefficient (Wildman–Crippen LogP) is 2.90. The number of hydrogen-bond donors (Lipinski definition) is 1. The number of benzene rings is 1. The van der Waals surface area contributed by atoms with Crippen LogP contribution in [0.4, 0.5) is 0 Å². The molecule has 4 heteroatoms. The molecule has 1 aromatic carbocycles. The molecule has 0 spiro atoms. The van der Waals surface area contributed by atoms with Crippen LogP contribution in [0, 0.1) is 0 Å².